The van der Waals surface area contributed by atoms with E-state index in [0.29, 0.717) is 30.0 Å². The molecule has 0 saturated carbocycles. The molecule has 1 aliphatic rings. The van der Waals surface area contributed by atoms with E-state index < -0.39 is 6.10 Å². The number of hydrogen-bond acceptors (Lipinski definition) is 5. The van der Waals surface area contributed by atoms with Crippen LogP contribution in [0.4, 0.5) is 5.69 Å². The molecule has 1 atom stereocenters. The van der Waals surface area contributed by atoms with E-state index in [1.165, 1.54) is 6.92 Å². The molecule has 1 heterocycles. The second-order valence-electron chi connectivity index (χ2n) is 4.44. The fourth-order valence-electron chi connectivity index (χ4n) is 1.73. The number of ether oxygens (including phenoxy) is 3. The zero-order chi connectivity index (χ0) is 14.5. The van der Waals surface area contributed by atoms with Gasteiger partial charge in [0.05, 0.1) is 0 Å². The molecule has 0 unspecified atom stereocenters. The van der Waals surface area contributed by atoms with Gasteiger partial charge in [0.1, 0.15) is 0 Å². The summed E-state index contributed by atoms with van der Waals surface area (Å²) in [4.78, 5) is 23.2. The normalized spacial score (nSPS) is 13.7. The number of amides is 1. The van der Waals surface area contributed by atoms with Gasteiger partial charge >= 0.3 is 5.97 Å². The van der Waals surface area contributed by atoms with Gasteiger partial charge in [0, 0.05) is 18.2 Å². The van der Waals surface area contributed by atoms with E-state index in [0.717, 1.165) is 0 Å². The highest BCUT2D eigenvalue weighted by Gasteiger charge is 2.19. The topological polar surface area (TPSA) is 73.9 Å². The molecule has 108 valence electrons. The van der Waals surface area contributed by atoms with Crippen molar-refractivity contribution in [2.45, 2.75) is 32.8 Å². The molecule has 6 nitrogen and oxygen atoms in total. The van der Waals surface area contributed by atoms with E-state index in [1.807, 2.05) is 6.92 Å². The Labute approximate surface area is 117 Å². The van der Waals surface area contributed by atoms with Crippen molar-refractivity contribution < 1.29 is 23.8 Å². The highest BCUT2D eigenvalue weighted by Crippen LogP contribution is 2.34. The average Bonchev–Trinajstić information content (AvgIpc) is 2.86. The maximum atomic E-state index is 11.9. The molecule has 0 radical (unpaired) electrons. The van der Waals surface area contributed by atoms with Crippen LogP contribution in [0.25, 0.3) is 0 Å². The first kappa shape index (κ1) is 14.2. The average molecular weight is 279 g/mol. The van der Waals surface area contributed by atoms with Crippen LogP contribution in [-0.2, 0) is 14.3 Å². The van der Waals surface area contributed by atoms with Crippen molar-refractivity contribution in [3.8, 4) is 11.5 Å². The molecule has 0 saturated heterocycles. The molecule has 20 heavy (non-hydrogen) atoms. The molecule has 0 aliphatic carbocycles. The number of benzene rings is 1. The molecule has 1 N–H and O–H groups in total. The summed E-state index contributed by atoms with van der Waals surface area (Å²) in [6.45, 7) is 3.59. The molecule has 6 heteroatoms. The zero-order valence-electron chi connectivity index (χ0n) is 11.5. The second kappa shape index (κ2) is 6.27. The Morgan fingerprint density at radius 1 is 1.35 bits per heavy atom. The minimum atomic E-state index is -0.834. The van der Waals surface area contributed by atoms with Crippen LogP contribution in [0.1, 0.15) is 26.7 Å². The van der Waals surface area contributed by atoms with Gasteiger partial charge in [-0.25, -0.2) is 0 Å². The van der Waals surface area contributed by atoms with Crippen LogP contribution in [0.5, 0.6) is 11.5 Å². The maximum Gasteiger partial charge on any atom is 0.306 e. The Bertz CT molecular complexity index is 514. The van der Waals surface area contributed by atoms with Crippen molar-refractivity contribution in [2.24, 2.45) is 0 Å². The number of anilines is 1. The molecule has 0 bridgehead atoms. The monoisotopic (exact) mass is 279 g/mol. The predicted molar refractivity (Wildman–Crippen MR) is 71.7 cm³/mol. The van der Waals surface area contributed by atoms with Crippen molar-refractivity contribution >= 4 is 17.6 Å². The third kappa shape index (κ3) is 3.40. The second-order valence-corrected chi connectivity index (χ2v) is 4.44. The lowest BCUT2D eigenvalue weighted by Gasteiger charge is -2.13. The molecular formula is C14H17NO5. The van der Waals surface area contributed by atoms with Crippen molar-refractivity contribution in [3.63, 3.8) is 0 Å². The highest BCUT2D eigenvalue weighted by molar-refractivity contribution is 5.95. The van der Waals surface area contributed by atoms with E-state index in [9.17, 15) is 9.59 Å². The van der Waals surface area contributed by atoms with Crippen LogP contribution in [0.2, 0.25) is 0 Å². The summed E-state index contributed by atoms with van der Waals surface area (Å²) in [5, 5.41) is 2.67. The van der Waals surface area contributed by atoms with Crippen molar-refractivity contribution in [1.82, 2.24) is 0 Å². The lowest BCUT2D eigenvalue weighted by molar-refractivity contribution is -0.153. The number of carbonyl (C=O) groups is 2. The summed E-state index contributed by atoms with van der Waals surface area (Å²) in [6.07, 6.45) is 0.163. The van der Waals surface area contributed by atoms with Crippen LogP contribution in [0.3, 0.4) is 0 Å². The summed E-state index contributed by atoms with van der Waals surface area (Å²) >= 11 is 0. The molecule has 1 aromatic carbocycles. The lowest BCUT2D eigenvalue weighted by atomic mass is 10.2. The summed E-state index contributed by atoms with van der Waals surface area (Å²) < 4.78 is 15.4. The van der Waals surface area contributed by atoms with Gasteiger partial charge in [0.2, 0.25) is 6.79 Å². The molecule has 1 amide bonds. The van der Waals surface area contributed by atoms with E-state index in [2.05, 4.69) is 5.32 Å². The largest absolute Gasteiger partial charge is 0.454 e. The number of carbonyl (C=O) groups excluding carboxylic acids is 2. The number of fused-ring (bicyclic) bond motifs is 1. The number of rotatable bonds is 5. The van der Waals surface area contributed by atoms with E-state index in [4.69, 9.17) is 14.2 Å². The summed E-state index contributed by atoms with van der Waals surface area (Å²) in [7, 11) is 0. The number of nitrogens with one attached hydrogen (secondary N) is 1. The van der Waals surface area contributed by atoms with Crippen molar-refractivity contribution in [2.75, 3.05) is 12.1 Å². The summed E-state index contributed by atoms with van der Waals surface area (Å²) in [5.41, 5.74) is 0.567. The van der Waals surface area contributed by atoms with E-state index in [1.54, 1.807) is 18.2 Å². The number of hydrogen-bond donors (Lipinski definition) is 1. The summed E-state index contributed by atoms with van der Waals surface area (Å²) in [6, 6.07) is 5.08. The first-order chi connectivity index (χ1) is 9.60. The first-order valence-electron chi connectivity index (χ1n) is 6.50. The van der Waals surface area contributed by atoms with Crippen LogP contribution in [-0.4, -0.2) is 24.8 Å². The molecule has 1 aliphatic heterocycles. The van der Waals surface area contributed by atoms with Crippen molar-refractivity contribution in [3.05, 3.63) is 18.2 Å². The zero-order valence-corrected chi connectivity index (χ0v) is 11.5. The lowest BCUT2D eigenvalue weighted by Crippen LogP contribution is -2.29. The van der Waals surface area contributed by atoms with E-state index in [-0.39, 0.29) is 18.7 Å². The predicted octanol–water partition coefficient (Wildman–Crippen LogP) is 2.09. The Morgan fingerprint density at radius 2 is 2.10 bits per heavy atom. The smallest absolute Gasteiger partial charge is 0.306 e. The molecule has 1 aromatic rings. The van der Waals surface area contributed by atoms with Gasteiger partial charge in [-0.1, -0.05) is 6.92 Å². The van der Waals surface area contributed by atoms with Gasteiger partial charge in [-0.05, 0) is 25.5 Å². The van der Waals surface area contributed by atoms with Crippen LogP contribution in [0.15, 0.2) is 18.2 Å². The van der Waals surface area contributed by atoms with Gasteiger partial charge in [0.25, 0.3) is 5.91 Å². The van der Waals surface area contributed by atoms with Crippen LogP contribution >= 0.6 is 0 Å². The first-order valence-corrected chi connectivity index (χ1v) is 6.50. The Hall–Kier alpha value is -2.24. The Morgan fingerprint density at radius 3 is 2.85 bits per heavy atom. The SMILES string of the molecule is CCCC(=O)O[C@@H](C)C(=O)Nc1ccc2c(c1)OCO2. The standard InChI is InChI=1S/C14H17NO5/c1-3-4-13(16)20-9(2)14(17)15-10-5-6-11-12(7-10)19-8-18-11/h5-7,9H,3-4,8H2,1-2H3,(H,15,17)/t9-/m0/s1. The maximum absolute atomic E-state index is 11.9. The fourth-order valence-corrected chi connectivity index (χ4v) is 1.73. The molecule has 0 aromatic heterocycles. The fraction of sp³-hybridized carbons (Fsp3) is 0.429. The third-order valence-electron chi connectivity index (χ3n) is 2.77. The molecule has 2 rings (SSSR count). The molecule has 0 spiro atoms. The van der Waals surface area contributed by atoms with Crippen LogP contribution in [0, 0.1) is 0 Å². The van der Waals surface area contributed by atoms with Crippen LogP contribution < -0.4 is 14.8 Å². The molecular weight excluding hydrogens is 262 g/mol. The molecule has 0 fully saturated rings. The van der Waals surface area contributed by atoms with Gasteiger partial charge in [-0.3, -0.25) is 9.59 Å². The minimum absolute atomic E-state index is 0.178. The quantitative estimate of drug-likeness (QED) is 0.835. The summed E-state index contributed by atoms with van der Waals surface area (Å²) in [5.74, 6) is 0.470. The van der Waals surface area contributed by atoms with Gasteiger partial charge in [-0.15, -0.1) is 0 Å². The highest BCUT2D eigenvalue weighted by atomic mass is 16.7. The Kier molecular flexibility index (Phi) is 4.45. The van der Waals surface area contributed by atoms with Gasteiger partial charge < -0.3 is 19.5 Å². The van der Waals surface area contributed by atoms with Gasteiger partial charge in [0.15, 0.2) is 17.6 Å². The number of esters is 1. The minimum Gasteiger partial charge on any atom is -0.454 e. The third-order valence-corrected chi connectivity index (χ3v) is 2.77. The van der Waals surface area contributed by atoms with E-state index >= 15 is 0 Å². The van der Waals surface area contributed by atoms with Crippen molar-refractivity contribution in [1.29, 1.82) is 0 Å². The van der Waals surface area contributed by atoms with Gasteiger partial charge in [-0.2, -0.15) is 0 Å². The Balaban J connectivity index is 1.92.